The number of hydrogen-bond acceptors (Lipinski definition) is 5. The molecular formula is C14H21ClN2O4. The third-order valence-corrected chi connectivity index (χ3v) is 4.00. The fraction of sp³-hybridized carbons (Fsp3) is 0.571. The Bertz CT molecular complexity index is 504. The number of nitro benzene ring substituents is 1. The Morgan fingerprint density at radius 2 is 1.76 bits per heavy atom. The largest absolute Gasteiger partial charge is 0.493 e. The molecule has 0 aliphatic heterocycles. The third-order valence-electron chi connectivity index (χ3n) is 4.00. The predicted octanol–water partition coefficient (Wildman–Crippen LogP) is 3.22. The molecule has 0 bridgehead atoms. The van der Waals surface area contributed by atoms with E-state index in [9.17, 15) is 10.1 Å². The van der Waals surface area contributed by atoms with Gasteiger partial charge in [-0.25, -0.2) is 0 Å². The van der Waals surface area contributed by atoms with Crippen LogP contribution >= 0.6 is 12.4 Å². The van der Waals surface area contributed by atoms with Gasteiger partial charge in [-0.05, 0) is 24.8 Å². The maximum absolute atomic E-state index is 11.3. The molecule has 7 heteroatoms. The van der Waals surface area contributed by atoms with Crippen LogP contribution in [0.5, 0.6) is 11.5 Å². The van der Waals surface area contributed by atoms with Crippen LogP contribution in [0.15, 0.2) is 12.1 Å². The summed E-state index contributed by atoms with van der Waals surface area (Å²) in [4.78, 5) is 10.9. The molecule has 0 spiro atoms. The molecule has 1 saturated carbocycles. The van der Waals surface area contributed by atoms with Gasteiger partial charge in [0, 0.05) is 6.04 Å². The summed E-state index contributed by atoms with van der Waals surface area (Å²) in [6.07, 6.45) is 4.32. The molecule has 2 N–H and O–H groups in total. The second-order valence-corrected chi connectivity index (χ2v) is 5.09. The van der Waals surface area contributed by atoms with Crippen molar-refractivity contribution >= 4 is 18.1 Å². The Kier molecular flexibility index (Phi) is 6.23. The molecule has 1 aromatic rings. The minimum absolute atomic E-state index is 0. The number of nitrogens with two attached hydrogens (primary N) is 1. The average Bonchev–Trinajstić information content (AvgIpc) is 2.98. The number of methoxy groups -OCH3 is 2. The molecule has 118 valence electrons. The number of benzene rings is 1. The first kappa shape index (κ1) is 17.5. The van der Waals surface area contributed by atoms with Gasteiger partial charge in [-0.3, -0.25) is 10.1 Å². The van der Waals surface area contributed by atoms with E-state index < -0.39 is 4.92 Å². The molecule has 0 radical (unpaired) electrons. The van der Waals surface area contributed by atoms with E-state index in [1.807, 2.05) is 0 Å². The van der Waals surface area contributed by atoms with Gasteiger partial charge < -0.3 is 15.2 Å². The quantitative estimate of drug-likeness (QED) is 0.665. The molecule has 1 atom stereocenters. The van der Waals surface area contributed by atoms with Gasteiger partial charge >= 0.3 is 0 Å². The normalized spacial score (nSPS) is 16.1. The summed E-state index contributed by atoms with van der Waals surface area (Å²) in [7, 11) is 2.96. The van der Waals surface area contributed by atoms with Crippen LogP contribution in [0.25, 0.3) is 0 Å². The van der Waals surface area contributed by atoms with Gasteiger partial charge in [0.1, 0.15) is 0 Å². The first-order valence-corrected chi connectivity index (χ1v) is 6.74. The second kappa shape index (κ2) is 7.47. The standard InChI is InChI=1S/C14H20N2O4.ClH/c1-19-12-7-10(14(15)9-5-3-4-6-9)11(16(17)18)8-13(12)20-2;/h7-9,14H,3-6,15H2,1-2H3;1H/t14-;/m1./s1. The SMILES string of the molecule is COc1cc([C@H](N)C2CCCC2)c([N+](=O)[O-])cc1OC.Cl. The summed E-state index contributed by atoms with van der Waals surface area (Å²) in [6, 6.07) is 2.70. The first-order valence-electron chi connectivity index (χ1n) is 6.74. The Balaban J connectivity index is 0.00000220. The van der Waals surface area contributed by atoms with Crippen LogP contribution in [0.4, 0.5) is 5.69 Å². The maximum Gasteiger partial charge on any atom is 0.278 e. The second-order valence-electron chi connectivity index (χ2n) is 5.09. The number of hydrogen-bond donors (Lipinski definition) is 1. The summed E-state index contributed by atoms with van der Waals surface area (Å²) >= 11 is 0. The molecule has 1 aromatic carbocycles. The zero-order chi connectivity index (χ0) is 14.7. The summed E-state index contributed by atoms with van der Waals surface area (Å²) in [5.74, 6) is 1.12. The van der Waals surface area contributed by atoms with Crippen LogP contribution in [0.2, 0.25) is 0 Å². The van der Waals surface area contributed by atoms with E-state index >= 15 is 0 Å². The summed E-state index contributed by atoms with van der Waals surface area (Å²) in [5.41, 5.74) is 6.78. The highest BCUT2D eigenvalue weighted by molar-refractivity contribution is 5.85. The predicted molar refractivity (Wildman–Crippen MR) is 82.3 cm³/mol. The Morgan fingerprint density at radius 1 is 1.24 bits per heavy atom. The highest BCUT2D eigenvalue weighted by Gasteiger charge is 2.30. The van der Waals surface area contributed by atoms with Gasteiger partial charge in [0.05, 0.1) is 30.8 Å². The molecule has 6 nitrogen and oxygen atoms in total. The van der Waals surface area contributed by atoms with Crippen molar-refractivity contribution in [1.29, 1.82) is 0 Å². The number of nitrogens with zero attached hydrogens (tertiary/aromatic N) is 1. The zero-order valence-corrected chi connectivity index (χ0v) is 13.0. The molecular weight excluding hydrogens is 296 g/mol. The molecule has 2 rings (SSSR count). The van der Waals surface area contributed by atoms with Gasteiger partial charge in [-0.15, -0.1) is 12.4 Å². The molecule has 21 heavy (non-hydrogen) atoms. The lowest BCUT2D eigenvalue weighted by atomic mass is 9.91. The lowest BCUT2D eigenvalue weighted by Crippen LogP contribution is -2.20. The molecule has 0 amide bonds. The summed E-state index contributed by atoms with van der Waals surface area (Å²) in [5, 5.41) is 11.3. The van der Waals surface area contributed by atoms with Crippen molar-refractivity contribution in [3.05, 3.63) is 27.8 Å². The van der Waals surface area contributed by atoms with Gasteiger partial charge in [-0.1, -0.05) is 12.8 Å². The molecule has 1 aliphatic carbocycles. The van der Waals surface area contributed by atoms with Crippen LogP contribution in [0, 0.1) is 16.0 Å². The van der Waals surface area contributed by atoms with Gasteiger partial charge in [0.2, 0.25) is 0 Å². The highest BCUT2D eigenvalue weighted by Crippen LogP contribution is 2.42. The molecule has 1 aliphatic rings. The number of ether oxygens (including phenoxy) is 2. The van der Waals surface area contributed by atoms with E-state index in [1.165, 1.54) is 20.3 Å². The van der Waals surface area contributed by atoms with Crippen LogP contribution < -0.4 is 15.2 Å². The molecule has 0 aromatic heterocycles. The van der Waals surface area contributed by atoms with Crippen molar-refractivity contribution in [2.75, 3.05) is 14.2 Å². The monoisotopic (exact) mass is 316 g/mol. The van der Waals surface area contributed by atoms with Crippen LogP contribution in [-0.2, 0) is 0 Å². The van der Waals surface area contributed by atoms with Crippen molar-refractivity contribution in [2.45, 2.75) is 31.7 Å². The zero-order valence-electron chi connectivity index (χ0n) is 12.2. The van der Waals surface area contributed by atoms with Crippen molar-refractivity contribution in [2.24, 2.45) is 11.7 Å². The lowest BCUT2D eigenvalue weighted by molar-refractivity contribution is -0.385. The minimum atomic E-state index is -0.411. The maximum atomic E-state index is 11.3. The minimum Gasteiger partial charge on any atom is -0.493 e. The van der Waals surface area contributed by atoms with Crippen molar-refractivity contribution < 1.29 is 14.4 Å². The molecule has 0 saturated heterocycles. The van der Waals surface area contributed by atoms with E-state index in [-0.39, 0.29) is 24.1 Å². The summed E-state index contributed by atoms with van der Waals surface area (Å²) in [6.45, 7) is 0. The number of rotatable bonds is 5. The van der Waals surface area contributed by atoms with E-state index in [1.54, 1.807) is 6.07 Å². The Labute approximate surface area is 130 Å². The molecule has 0 unspecified atom stereocenters. The van der Waals surface area contributed by atoms with Gasteiger partial charge in [0.25, 0.3) is 5.69 Å². The van der Waals surface area contributed by atoms with Crippen molar-refractivity contribution in [3.8, 4) is 11.5 Å². The number of nitro groups is 1. The smallest absolute Gasteiger partial charge is 0.278 e. The average molecular weight is 317 g/mol. The van der Waals surface area contributed by atoms with Crippen LogP contribution in [0.3, 0.4) is 0 Å². The van der Waals surface area contributed by atoms with Crippen LogP contribution in [0.1, 0.15) is 37.3 Å². The van der Waals surface area contributed by atoms with Crippen molar-refractivity contribution in [1.82, 2.24) is 0 Å². The molecule has 0 heterocycles. The van der Waals surface area contributed by atoms with E-state index in [2.05, 4.69) is 0 Å². The molecule has 1 fully saturated rings. The van der Waals surface area contributed by atoms with Crippen molar-refractivity contribution in [3.63, 3.8) is 0 Å². The fourth-order valence-electron chi connectivity index (χ4n) is 2.88. The van der Waals surface area contributed by atoms with Gasteiger partial charge in [0.15, 0.2) is 11.5 Å². The van der Waals surface area contributed by atoms with E-state index in [4.69, 9.17) is 15.2 Å². The summed E-state index contributed by atoms with van der Waals surface area (Å²) < 4.78 is 10.3. The van der Waals surface area contributed by atoms with E-state index in [0.29, 0.717) is 23.0 Å². The lowest BCUT2D eigenvalue weighted by Gasteiger charge is -2.20. The van der Waals surface area contributed by atoms with Gasteiger partial charge in [-0.2, -0.15) is 0 Å². The fourth-order valence-corrected chi connectivity index (χ4v) is 2.88. The van der Waals surface area contributed by atoms with E-state index in [0.717, 1.165) is 25.7 Å². The third kappa shape index (κ3) is 3.57. The Hall–Kier alpha value is -1.53. The Morgan fingerprint density at radius 3 is 2.24 bits per heavy atom. The number of halogens is 1. The highest BCUT2D eigenvalue weighted by atomic mass is 35.5. The topological polar surface area (TPSA) is 87.6 Å². The van der Waals surface area contributed by atoms with Crippen LogP contribution in [-0.4, -0.2) is 19.1 Å². The first-order chi connectivity index (χ1) is 9.58.